The van der Waals surface area contributed by atoms with Gasteiger partial charge in [-0.25, -0.2) is 4.79 Å². The highest BCUT2D eigenvalue weighted by atomic mass is 35.5. The van der Waals surface area contributed by atoms with Gasteiger partial charge in [-0.05, 0) is 37.5 Å². The molecular formula is C13H13ClO4. The molecule has 4 nitrogen and oxygen atoms in total. The second-order valence-electron chi connectivity index (χ2n) is 4.27. The highest BCUT2D eigenvalue weighted by molar-refractivity contribution is 6.31. The molecule has 2 rings (SSSR count). The van der Waals surface area contributed by atoms with Crippen LogP contribution in [0.5, 0.6) is 5.75 Å². The lowest BCUT2D eigenvalue weighted by Crippen LogP contribution is -2.30. The first-order valence-electron chi connectivity index (χ1n) is 5.80. The maximum atomic E-state index is 11.8. The van der Waals surface area contributed by atoms with Crippen LogP contribution in [0.25, 0.3) is 0 Å². The van der Waals surface area contributed by atoms with Gasteiger partial charge in [0, 0.05) is 11.4 Å². The number of halogens is 1. The summed E-state index contributed by atoms with van der Waals surface area (Å²) in [5.74, 6) is -0.973. The maximum absolute atomic E-state index is 11.8. The molecular weight excluding hydrogens is 256 g/mol. The summed E-state index contributed by atoms with van der Waals surface area (Å²) in [6, 6.07) is 4.12. The van der Waals surface area contributed by atoms with Gasteiger partial charge in [0.1, 0.15) is 11.3 Å². The topological polar surface area (TPSA) is 63.6 Å². The highest BCUT2D eigenvalue weighted by Crippen LogP contribution is 2.24. The molecule has 0 saturated heterocycles. The largest absolute Gasteiger partial charge is 0.507 e. The monoisotopic (exact) mass is 268 g/mol. The van der Waals surface area contributed by atoms with Crippen LogP contribution in [0.2, 0.25) is 5.02 Å². The van der Waals surface area contributed by atoms with Crippen LogP contribution in [-0.4, -0.2) is 23.0 Å². The lowest BCUT2D eigenvalue weighted by Gasteiger charge is -2.20. The van der Waals surface area contributed by atoms with Crippen molar-refractivity contribution in [2.75, 3.05) is 0 Å². The average molecular weight is 269 g/mol. The third-order valence-corrected chi connectivity index (χ3v) is 3.16. The Kier molecular flexibility index (Phi) is 3.87. The van der Waals surface area contributed by atoms with Gasteiger partial charge in [-0.15, -0.1) is 0 Å². The van der Waals surface area contributed by atoms with Crippen LogP contribution in [0.15, 0.2) is 18.2 Å². The number of phenolic OH excluding ortho intramolecular Hbond substituents is 1. The summed E-state index contributed by atoms with van der Waals surface area (Å²) in [6.07, 6.45) is 2.01. The molecule has 0 unspecified atom stereocenters. The minimum atomic E-state index is -0.713. The first kappa shape index (κ1) is 12.9. The summed E-state index contributed by atoms with van der Waals surface area (Å²) in [4.78, 5) is 23.4. The number of hydrogen-bond donors (Lipinski definition) is 1. The van der Waals surface area contributed by atoms with Crippen LogP contribution in [0, 0.1) is 0 Å². The summed E-state index contributed by atoms with van der Waals surface area (Å²) in [7, 11) is 0. The van der Waals surface area contributed by atoms with Crippen molar-refractivity contribution in [3.63, 3.8) is 0 Å². The van der Waals surface area contributed by atoms with Gasteiger partial charge in [-0.3, -0.25) is 4.79 Å². The molecule has 1 fully saturated rings. The van der Waals surface area contributed by atoms with Crippen LogP contribution >= 0.6 is 11.6 Å². The number of Topliss-reactive ketones (excluding diaryl/α,β-unsaturated/α-hetero) is 1. The van der Waals surface area contributed by atoms with E-state index in [0.717, 1.165) is 12.8 Å². The molecule has 96 valence electrons. The van der Waals surface area contributed by atoms with Crippen molar-refractivity contribution in [2.24, 2.45) is 0 Å². The number of benzene rings is 1. The maximum Gasteiger partial charge on any atom is 0.342 e. The molecule has 1 atom stereocenters. The standard InChI is InChI=1S/C13H13ClO4/c14-8-5-6-10(15)9(7-8)13(17)18-12-4-2-1-3-11(12)16/h5-7,12,15H,1-4H2/t12-/m0/s1. The Morgan fingerprint density at radius 1 is 1.39 bits per heavy atom. The van der Waals surface area contributed by atoms with E-state index in [4.69, 9.17) is 16.3 Å². The van der Waals surface area contributed by atoms with E-state index >= 15 is 0 Å². The lowest BCUT2D eigenvalue weighted by molar-refractivity contribution is -0.129. The zero-order valence-corrected chi connectivity index (χ0v) is 10.4. The number of esters is 1. The fraction of sp³-hybridized carbons (Fsp3) is 0.385. The molecule has 1 N–H and O–H groups in total. The quantitative estimate of drug-likeness (QED) is 0.838. The van der Waals surface area contributed by atoms with Gasteiger partial charge in [0.05, 0.1) is 0 Å². The van der Waals surface area contributed by atoms with Gasteiger partial charge in [0.25, 0.3) is 0 Å². The average Bonchev–Trinajstić information content (AvgIpc) is 2.35. The summed E-state index contributed by atoms with van der Waals surface area (Å²) in [6.45, 7) is 0. The predicted octanol–water partition coefficient (Wildman–Crippen LogP) is 2.71. The zero-order valence-electron chi connectivity index (χ0n) is 9.69. The van der Waals surface area contributed by atoms with Crippen LogP contribution in [0.3, 0.4) is 0 Å². The Morgan fingerprint density at radius 3 is 2.89 bits per heavy atom. The normalized spacial score (nSPS) is 19.6. The van der Waals surface area contributed by atoms with Crippen molar-refractivity contribution in [1.29, 1.82) is 0 Å². The van der Waals surface area contributed by atoms with E-state index in [1.54, 1.807) is 0 Å². The van der Waals surface area contributed by atoms with Crippen LogP contribution < -0.4 is 0 Å². The van der Waals surface area contributed by atoms with Gasteiger partial charge < -0.3 is 9.84 Å². The number of hydrogen-bond acceptors (Lipinski definition) is 4. The van der Waals surface area contributed by atoms with E-state index in [2.05, 4.69) is 0 Å². The lowest BCUT2D eigenvalue weighted by atomic mass is 9.96. The fourth-order valence-corrected chi connectivity index (χ4v) is 2.11. The molecule has 1 aliphatic carbocycles. The van der Waals surface area contributed by atoms with Gasteiger partial charge in [0.15, 0.2) is 11.9 Å². The Labute approximate surface area is 110 Å². The van der Waals surface area contributed by atoms with E-state index < -0.39 is 12.1 Å². The number of carbonyl (C=O) groups is 2. The molecule has 0 heterocycles. The van der Waals surface area contributed by atoms with Crippen LogP contribution in [-0.2, 0) is 9.53 Å². The third-order valence-electron chi connectivity index (χ3n) is 2.93. The molecule has 18 heavy (non-hydrogen) atoms. The van der Waals surface area contributed by atoms with Gasteiger partial charge in [0.2, 0.25) is 0 Å². The first-order chi connectivity index (χ1) is 8.58. The number of aromatic hydroxyl groups is 1. The number of ketones is 1. The van der Waals surface area contributed by atoms with Crippen molar-refractivity contribution in [3.05, 3.63) is 28.8 Å². The number of rotatable bonds is 2. The van der Waals surface area contributed by atoms with Crippen molar-refractivity contribution in [1.82, 2.24) is 0 Å². The smallest absolute Gasteiger partial charge is 0.342 e. The van der Waals surface area contributed by atoms with Crippen molar-refractivity contribution >= 4 is 23.4 Å². The summed E-state index contributed by atoms with van der Waals surface area (Å²) < 4.78 is 5.12. The van der Waals surface area contributed by atoms with Gasteiger partial charge in [-0.1, -0.05) is 11.6 Å². The number of phenols is 1. The molecule has 1 aromatic carbocycles. The second-order valence-corrected chi connectivity index (χ2v) is 4.70. The molecule has 5 heteroatoms. The molecule has 0 spiro atoms. The molecule has 0 aliphatic heterocycles. The molecule has 0 bridgehead atoms. The van der Waals surface area contributed by atoms with Crippen molar-refractivity contribution in [3.8, 4) is 5.75 Å². The minimum Gasteiger partial charge on any atom is -0.507 e. The molecule has 1 aromatic rings. The summed E-state index contributed by atoms with van der Waals surface area (Å²) >= 11 is 5.75. The molecule has 0 amide bonds. The molecule has 1 saturated carbocycles. The predicted molar refractivity (Wildman–Crippen MR) is 65.8 cm³/mol. The van der Waals surface area contributed by atoms with Crippen molar-refractivity contribution < 1.29 is 19.4 Å². The summed E-state index contributed by atoms with van der Waals surface area (Å²) in [5.41, 5.74) is -0.0131. The van der Waals surface area contributed by atoms with E-state index in [1.807, 2.05) is 0 Å². The molecule has 0 radical (unpaired) electrons. The zero-order chi connectivity index (χ0) is 13.1. The number of ether oxygens (including phenoxy) is 1. The van der Waals surface area contributed by atoms with E-state index in [-0.39, 0.29) is 17.1 Å². The number of carbonyl (C=O) groups excluding carboxylic acids is 2. The van der Waals surface area contributed by atoms with E-state index in [0.29, 0.717) is 17.9 Å². The Morgan fingerprint density at radius 2 is 2.17 bits per heavy atom. The second kappa shape index (κ2) is 5.40. The van der Waals surface area contributed by atoms with Crippen molar-refractivity contribution in [2.45, 2.75) is 31.8 Å². The van der Waals surface area contributed by atoms with E-state index in [1.165, 1.54) is 18.2 Å². The van der Waals surface area contributed by atoms with Gasteiger partial charge in [-0.2, -0.15) is 0 Å². The minimum absolute atomic E-state index is 0.0131. The fourth-order valence-electron chi connectivity index (χ4n) is 1.94. The van der Waals surface area contributed by atoms with Crippen LogP contribution in [0.4, 0.5) is 0 Å². The summed E-state index contributed by atoms with van der Waals surface area (Å²) in [5, 5.41) is 9.88. The SMILES string of the molecule is O=C(O[C@H]1CCCCC1=O)c1cc(Cl)ccc1O. The van der Waals surface area contributed by atoms with E-state index in [9.17, 15) is 14.7 Å². The van der Waals surface area contributed by atoms with Crippen LogP contribution in [0.1, 0.15) is 36.0 Å². The Bertz CT molecular complexity index is 484. The van der Waals surface area contributed by atoms with Gasteiger partial charge >= 0.3 is 5.97 Å². The highest BCUT2D eigenvalue weighted by Gasteiger charge is 2.27. The molecule has 1 aliphatic rings. The first-order valence-corrected chi connectivity index (χ1v) is 6.18. The third kappa shape index (κ3) is 2.82. The Balaban J connectivity index is 2.11. The molecule has 0 aromatic heterocycles. The Hall–Kier alpha value is -1.55.